The van der Waals surface area contributed by atoms with Crippen LogP contribution in [0.4, 0.5) is 0 Å². The molecule has 0 heterocycles. The Bertz CT molecular complexity index is 1340. The SMILES string of the molecule is CCCCCC/C=C/CC/C=C/C(O)C(COP(=O)(O)OCC[N+](C)(C)C)NC(=O)CCCCCCCCCCCCCCCCCCCCCCCCCC/C=C\C/C=C\C/C=C\CCCCCCC. The summed E-state index contributed by atoms with van der Waals surface area (Å²) in [5.74, 6) is -0.186. The van der Waals surface area contributed by atoms with Gasteiger partial charge in [0.2, 0.25) is 5.91 Å². The van der Waals surface area contributed by atoms with Gasteiger partial charge < -0.3 is 19.8 Å². The number of hydrogen-bond acceptors (Lipinski definition) is 5. The lowest BCUT2D eigenvalue weighted by Crippen LogP contribution is -2.45. The summed E-state index contributed by atoms with van der Waals surface area (Å²) in [6.07, 6.45) is 72.3. The second-order valence-corrected chi connectivity index (χ2v) is 23.2. The van der Waals surface area contributed by atoms with Crippen molar-refractivity contribution in [3.63, 3.8) is 0 Å². The Morgan fingerprint density at radius 3 is 1.24 bits per heavy atom. The van der Waals surface area contributed by atoms with Gasteiger partial charge in [-0.15, -0.1) is 0 Å². The van der Waals surface area contributed by atoms with Crippen LogP contribution in [0.5, 0.6) is 0 Å². The number of aliphatic hydroxyl groups excluding tert-OH is 1. The molecule has 3 atom stereocenters. The molecule has 0 aliphatic carbocycles. The molecular weight excluding hydrogens is 900 g/mol. The highest BCUT2D eigenvalue weighted by Gasteiger charge is 2.27. The molecule has 416 valence electrons. The van der Waals surface area contributed by atoms with Crippen LogP contribution in [-0.4, -0.2) is 73.4 Å². The van der Waals surface area contributed by atoms with Gasteiger partial charge in [0.1, 0.15) is 13.2 Å². The van der Waals surface area contributed by atoms with Crippen LogP contribution in [0.1, 0.15) is 277 Å². The number of aliphatic hydroxyl groups is 1. The zero-order valence-electron chi connectivity index (χ0n) is 47.5. The van der Waals surface area contributed by atoms with Gasteiger partial charge >= 0.3 is 7.82 Å². The van der Waals surface area contributed by atoms with Crippen molar-refractivity contribution < 1.29 is 32.9 Å². The number of amides is 1. The number of unbranched alkanes of at least 4 members (excludes halogenated alkanes) is 34. The number of nitrogens with zero attached hydrogens (tertiary/aromatic N) is 1. The fourth-order valence-electron chi connectivity index (χ4n) is 8.71. The molecule has 0 rings (SSSR count). The van der Waals surface area contributed by atoms with Crippen LogP contribution < -0.4 is 5.32 Å². The molecule has 0 aliphatic rings. The standard InChI is InChI=1S/C62H117N2O6P/c1-6-8-10-12-14-16-18-19-20-21-22-23-24-25-26-27-28-29-30-31-32-33-34-35-36-37-38-39-40-41-42-43-44-45-46-48-50-52-54-56-62(66)63-60(59-70-71(67,68)69-58-57-64(3,4)5)61(65)55-53-51-49-47-17-15-13-11-9-7-2/h17-19,21-22,24-25,47,53,55,60-61,65H,6-16,20,23,26-46,48-52,54,56-59H2,1-5H3,(H-,63,66,67,68)/p+1/b19-18-,22-21-,25-24-,47-17+,55-53+. The van der Waals surface area contributed by atoms with Crippen molar-refractivity contribution in [1.82, 2.24) is 5.32 Å². The smallest absolute Gasteiger partial charge is 0.387 e. The Labute approximate surface area is 441 Å². The number of rotatable bonds is 55. The van der Waals surface area contributed by atoms with E-state index < -0.39 is 20.0 Å². The first-order valence-electron chi connectivity index (χ1n) is 30.2. The Kier molecular flexibility index (Phi) is 51.7. The summed E-state index contributed by atoms with van der Waals surface area (Å²) < 4.78 is 23.6. The fraction of sp³-hybridized carbons (Fsp3) is 0.823. The maximum Gasteiger partial charge on any atom is 0.472 e. The van der Waals surface area contributed by atoms with Crippen LogP contribution in [-0.2, 0) is 18.4 Å². The molecule has 0 saturated heterocycles. The lowest BCUT2D eigenvalue weighted by atomic mass is 10.0. The average molecular weight is 1020 g/mol. The molecule has 0 fully saturated rings. The summed E-state index contributed by atoms with van der Waals surface area (Å²) in [4.78, 5) is 23.2. The topological polar surface area (TPSA) is 105 Å². The largest absolute Gasteiger partial charge is 0.472 e. The lowest BCUT2D eigenvalue weighted by molar-refractivity contribution is -0.870. The molecule has 3 N–H and O–H groups in total. The van der Waals surface area contributed by atoms with Gasteiger partial charge in [-0.05, 0) is 70.6 Å². The highest BCUT2D eigenvalue weighted by atomic mass is 31.2. The van der Waals surface area contributed by atoms with Crippen molar-refractivity contribution in [2.45, 2.75) is 289 Å². The second kappa shape index (κ2) is 53.0. The van der Waals surface area contributed by atoms with Gasteiger partial charge in [0, 0.05) is 6.42 Å². The Morgan fingerprint density at radius 2 is 0.817 bits per heavy atom. The third-order valence-corrected chi connectivity index (χ3v) is 14.4. The summed E-state index contributed by atoms with van der Waals surface area (Å²) in [5, 5.41) is 13.8. The molecule has 0 aromatic carbocycles. The van der Waals surface area contributed by atoms with Crippen LogP contribution in [0.15, 0.2) is 60.8 Å². The Hall–Kier alpha value is -1.80. The molecule has 0 bridgehead atoms. The number of phosphoric acid groups is 1. The number of quaternary nitrogens is 1. The van der Waals surface area contributed by atoms with Crippen molar-refractivity contribution in [3.8, 4) is 0 Å². The van der Waals surface area contributed by atoms with E-state index in [1.54, 1.807) is 6.08 Å². The van der Waals surface area contributed by atoms with Crippen LogP contribution in [0.25, 0.3) is 0 Å². The third kappa shape index (κ3) is 55.8. The predicted octanol–water partition coefficient (Wildman–Crippen LogP) is 18.5. The Balaban J connectivity index is 3.84. The highest BCUT2D eigenvalue weighted by molar-refractivity contribution is 7.47. The van der Waals surface area contributed by atoms with Crippen molar-refractivity contribution in [1.29, 1.82) is 0 Å². The van der Waals surface area contributed by atoms with Crippen molar-refractivity contribution in [2.24, 2.45) is 0 Å². The molecule has 8 nitrogen and oxygen atoms in total. The third-order valence-electron chi connectivity index (χ3n) is 13.5. The lowest BCUT2D eigenvalue weighted by Gasteiger charge is -2.25. The Morgan fingerprint density at radius 1 is 0.479 bits per heavy atom. The number of allylic oxidation sites excluding steroid dienone is 9. The number of nitrogens with one attached hydrogen (secondary N) is 1. The number of phosphoric ester groups is 1. The van der Waals surface area contributed by atoms with Crippen molar-refractivity contribution in [3.05, 3.63) is 60.8 Å². The van der Waals surface area contributed by atoms with Gasteiger partial charge in [0.25, 0.3) is 0 Å². The summed E-state index contributed by atoms with van der Waals surface area (Å²) in [6.45, 7) is 4.75. The summed E-state index contributed by atoms with van der Waals surface area (Å²) in [6, 6.07) is -0.861. The van der Waals surface area contributed by atoms with E-state index in [-0.39, 0.29) is 19.1 Å². The molecule has 9 heteroatoms. The number of carbonyl (C=O) groups is 1. The number of carbonyl (C=O) groups excluding carboxylic acids is 1. The minimum atomic E-state index is -4.35. The molecule has 71 heavy (non-hydrogen) atoms. The molecule has 0 spiro atoms. The first-order valence-corrected chi connectivity index (χ1v) is 31.7. The van der Waals surface area contributed by atoms with Crippen LogP contribution in [0.2, 0.25) is 0 Å². The van der Waals surface area contributed by atoms with Crippen LogP contribution in [0, 0.1) is 0 Å². The first kappa shape index (κ1) is 69.2. The maximum absolute atomic E-state index is 12.9. The van der Waals surface area contributed by atoms with E-state index in [2.05, 4.69) is 67.8 Å². The summed E-state index contributed by atoms with van der Waals surface area (Å²) >= 11 is 0. The van der Waals surface area contributed by atoms with Gasteiger partial charge in [-0.3, -0.25) is 13.8 Å². The summed E-state index contributed by atoms with van der Waals surface area (Å²) in [5.41, 5.74) is 0. The highest BCUT2D eigenvalue weighted by Crippen LogP contribution is 2.43. The average Bonchev–Trinajstić information content (AvgIpc) is 3.33. The monoisotopic (exact) mass is 1020 g/mol. The molecule has 0 aromatic rings. The zero-order valence-corrected chi connectivity index (χ0v) is 48.4. The molecule has 0 aromatic heterocycles. The number of likely N-dealkylation sites (N-methyl/N-ethyl adjacent to an activating group) is 1. The van der Waals surface area contributed by atoms with E-state index in [9.17, 15) is 19.4 Å². The van der Waals surface area contributed by atoms with Gasteiger partial charge in [-0.25, -0.2) is 4.57 Å². The van der Waals surface area contributed by atoms with E-state index in [0.717, 1.165) is 51.4 Å². The normalized spacial score (nSPS) is 14.3. The van der Waals surface area contributed by atoms with E-state index in [1.165, 1.54) is 205 Å². The van der Waals surface area contributed by atoms with Gasteiger partial charge in [-0.1, -0.05) is 261 Å². The molecule has 3 unspecified atom stereocenters. The molecular formula is C62H118N2O6P+. The number of hydrogen-bond donors (Lipinski definition) is 3. The predicted molar refractivity (Wildman–Crippen MR) is 309 cm³/mol. The van der Waals surface area contributed by atoms with E-state index in [1.807, 2.05) is 27.2 Å². The molecule has 1 amide bonds. The summed E-state index contributed by atoms with van der Waals surface area (Å²) in [7, 11) is 1.56. The second-order valence-electron chi connectivity index (χ2n) is 21.7. The van der Waals surface area contributed by atoms with E-state index >= 15 is 0 Å². The molecule has 0 saturated carbocycles. The fourth-order valence-corrected chi connectivity index (χ4v) is 9.45. The quantitative estimate of drug-likeness (QED) is 0.0243. The minimum Gasteiger partial charge on any atom is -0.387 e. The van der Waals surface area contributed by atoms with E-state index in [0.29, 0.717) is 17.4 Å². The zero-order chi connectivity index (χ0) is 52.0. The van der Waals surface area contributed by atoms with Gasteiger partial charge in [0.05, 0.1) is 39.9 Å². The minimum absolute atomic E-state index is 0.0562. The van der Waals surface area contributed by atoms with Crippen molar-refractivity contribution >= 4 is 13.7 Å². The van der Waals surface area contributed by atoms with Crippen LogP contribution in [0.3, 0.4) is 0 Å². The maximum atomic E-state index is 12.9. The van der Waals surface area contributed by atoms with Gasteiger partial charge in [-0.2, -0.15) is 0 Å². The molecule has 0 aliphatic heterocycles. The van der Waals surface area contributed by atoms with E-state index in [4.69, 9.17) is 9.05 Å². The van der Waals surface area contributed by atoms with Crippen molar-refractivity contribution in [2.75, 3.05) is 40.9 Å². The van der Waals surface area contributed by atoms with Crippen LogP contribution >= 0.6 is 7.82 Å². The van der Waals surface area contributed by atoms with Gasteiger partial charge in [0.15, 0.2) is 0 Å². The first-order chi connectivity index (χ1) is 34.5. The molecule has 0 radical (unpaired) electrons.